The maximum atomic E-state index is 14.2. The van der Waals surface area contributed by atoms with Gasteiger partial charge >= 0.3 is 0 Å². The van der Waals surface area contributed by atoms with Crippen LogP contribution in [0.3, 0.4) is 0 Å². The summed E-state index contributed by atoms with van der Waals surface area (Å²) in [6, 6.07) is 3.69. The lowest BCUT2D eigenvalue weighted by atomic mass is 10.0. The van der Waals surface area contributed by atoms with Gasteiger partial charge in [0.05, 0.1) is 30.7 Å². The molecule has 1 aliphatic rings. The summed E-state index contributed by atoms with van der Waals surface area (Å²) in [6.45, 7) is 1.25. The highest BCUT2D eigenvalue weighted by Gasteiger charge is 2.24. The fourth-order valence-corrected chi connectivity index (χ4v) is 3.13. The van der Waals surface area contributed by atoms with Crippen LogP contribution >= 0.6 is 0 Å². The molecule has 6 nitrogen and oxygen atoms in total. The molecule has 0 aliphatic carbocycles. The first kappa shape index (κ1) is 17.4. The van der Waals surface area contributed by atoms with Crippen molar-refractivity contribution < 1.29 is 23.0 Å². The number of ether oxygens (including phenoxy) is 2. The predicted molar refractivity (Wildman–Crippen MR) is 94.8 cm³/mol. The SMILES string of the molecule is Nc1ccc(F)c(C(=O)c2c[nH]c3ncc(OC4CCOCC4)cc23)c1F. The molecule has 2 aromatic heterocycles. The van der Waals surface area contributed by atoms with Crippen LogP contribution in [0.4, 0.5) is 14.5 Å². The topological polar surface area (TPSA) is 90.2 Å². The Balaban J connectivity index is 1.71. The van der Waals surface area contributed by atoms with E-state index < -0.39 is 23.0 Å². The minimum atomic E-state index is -1.07. The number of rotatable bonds is 4. The first-order valence-corrected chi connectivity index (χ1v) is 8.54. The van der Waals surface area contributed by atoms with E-state index >= 15 is 0 Å². The fraction of sp³-hybridized carbons (Fsp3) is 0.263. The molecule has 0 atom stereocenters. The Morgan fingerprint density at radius 3 is 2.85 bits per heavy atom. The number of nitrogen functional groups attached to an aromatic ring is 1. The molecule has 3 N–H and O–H groups in total. The molecule has 3 heterocycles. The van der Waals surface area contributed by atoms with Crippen LogP contribution in [0.15, 0.2) is 30.6 Å². The lowest BCUT2D eigenvalue weighted by molar-refractivity contribution is 0.0255. The lowest BCUT2D eigenvalue weighted by Gasteiger charge is -2.23. The number of carbonyl (C=O) groups excluding carboxylic acids is 1. The summed E-state index contributed by atoms with van der Waals surface area (Å²) in [5.41, 5.74) is 5.01. The van der Waals surface area contributed by atoms with Gasteiger partial charge in [0.2, 0.25) is 5.78 Å². The van der Waals surface area contributed by atoms with Crippen LogP contribution < -0.4 is 10.5 Å². The van der Waals surface area contributed by atoms with Crippen LogP contribution in [0.5, 0.6) is 5.75 Å². The number of aromatic amines is 1. The number of aromatic nitrogens is 2. The van der Waals surface area contributed by atoms with Crippen LogP contribution in [0.2, 0.25) is 0 Å². The highest BCUT2D eigenvalue weighted by molar-refractivity contribution is 6.16. The van der Waals surface area contributed by atoms with Crippen molar-refractivity contribution in [1.82, 2.24) is 9.97 Å². The minimum Gasteiger partial charge on any atom is -0.489 e. The van der Waals surface area contributed by atoms with E-state index in [-0.39, 0.29) is 17.4 Å². The van der Waals surface area contributed by atoms with Crippen LogP contribution in [0.25, 0.3) is 11.0 Å². The summed E-state index contributed by atoms with van der Waals surface area (Å²) in [4.78, 5) is 19.8. The largest absolute Gasteiger partial charge is 0.489 e. The van der Waals surface area contributed by atoms with Crippen molar-refractivity contribution in [2.75, 3.05) is 18.9 Å². The van der Waals surface area contributed by atoms with Crippen molar-refractivity contribution in [3.8, 4) is 5.75 Å². The third kappa shape index (κ3) is 3.23. The fourth-order valence-electron chi connectivity index (χ4n) is 3.13. The molecule has 3 aromatic rings. The van der Waals surface area contributed by atoms with Crippen LogP contribution in [-0.4, -0.2) is 35.1 Å². The van der Waals surface area contributed by atoms with E-state index in [2.05, 4.69) is 9.97 Å². The molecule has 0 radical (unpaired) electrons. The second kappa shape index (κ2) is 6.96. The molecule has 0 amide bonds. The van der Waals surface area contributed by atoms with Crippen molar-refractivity contribution in [3.63, 3.8) is 0 Å². The maximum Gasteiger partial charge on any atom is 0.201 e. The smallest absolute Gasteiger partial charge is 0.201 e. The Bertz CT molecular complexity index is 1010. The van der Waals surface area contributed by atoms with Gasteiger partial charge in [-0.2, -0.15) is 0 Å². The first-order chi connectivity index (χ1) is 13.0. The van der Waals surface area contributed by atoms with Crippen molar-refractivity contribution >= 4 is 22.5 Å². The van der Waals surface area contributed by atoms with Gasteiger partial charge in [-0.25, -0.2) is 13.8 Å². The second-order valence-corrected chi connectivity index (χ2v) is 6.35. The van der Waals surface area contributed by atoms with Crippen molar-refractivity contribution in [2.45, 2.75) is 18.9 Å². The standard InChI is InChI=1S/C19H17F2N3O3/c20-14-1-2-15(22)17(21)16(14)18(25)13-9-24-19-12(13)7-11(8-23-19)27-10-3-5-26-6-4-10/h1-2,7-10H,3-6,22H2,(H,23,24). The summed E-state index contributed by atoms with van der Waals surface area (Å²) >= 11 is 0. The Hall–Kier alpha value is -3.00. The molecule has 27 heavy (non-hydrogen) atoms. The number of H-pyrrole nitrogens is 1. The van der Waals surface area contributed by atoms with E-state index in [1.165, 1.54) is 6.20 Å². The molecule has 8 heteroatoms. The Morgan fingerprint density at radius 2 is 2.07 bits per heavy atom. The molecule has 140 valence electrons. The molecule has 0 unspecified atom stereocenters. The van der Waals surface area contributed by atoms with Crippen LogP contribution in [-0.2, 0) is 4.74 Å². The number of anilines is 1. The number of carbonyl (C=O) groups is 1. The second-order valence-electron chi connectivity index (χ2n) is 6.35. The van der Waals surface area contributed by atoms with Gasteiger partial charge in [-0.15, -0.1) is 0 Å². The Labute approximate surface area is 153 Å². The predicted octanol–water partition coefficient (Wildman–Crippen LogP) is 3.21. The number of ketones is 1. The van der Waals surface area contributed by atoms with Gasteiger partial charge in [0.1, 0.15) is 23.3 Å². The molecule has 1 aromatic carbocycles. The number of halogens is 2. The van der Waals surface area contributed by atoms with Crippen molar-refractivity contribution in [3.05, 3.63) is 53.4 Å². The lowest BCUT2D eigenvalue weighted by Crippen LogP contribution is -2.25. The molecule has 0 spiro atoms. The summed E-state index contributed by atoms with van der Waals surface area (Å²) in [5, 5.41) is 0.422. The third-order valence-electron chi connectivity index (χ3n) is 4.57. The van der Waals surface area contributed by atoms with Gasteiger partial charge in [-0.3, -0.25) is 4.79 Å². The van der Waals surface area contributed by atoms with Crippen molar-refractivity contribution in [1.29, 1.82) is 0 Å². The van der Waals surface area contributed by atoms with Gasteiger partial charge in [0.25, 0.3) is 0 Å². The quantitative estimate of drug-likeness (QED) is 0.541. The summed E-state index contributed by atoms with van der Waals surface area (Å²) in [6.07, 6.45) is 4.44. The molecular weight excluding hydrogens is 356 g/mol. The van der Waals surface area contributed by atoms with Crippen molar-refractivity contribution in [2.24, 2.45) is 0 Å². The van der Waals surface area contributed by atoms with Gasteiger partial charge in [-0.05, 0) is 18.2 Å². The van der Waals surface area contributed by atoms with Gasteiger partial charge in [0.15, 0.2) is 5.82 Å². The monoisotopic (exact) mass is 373 g/mol. The normalized spacial score (nSPS) is 15.2. The van der Waals surface area contributed by atoms with E-state index in [0.29, 0.717) is 30.0 Å². The molecule has 0 bridgehead atoms. The zero-order valence-electron chi connectivity index (χ0n) is 14.3. The van der Waals surface area contributed by atoms with E-state index in [0.717, 1.165) is 25.0 Å². The molecule has 4 rings (SSSR count). The number of nitrogens with zero attached hydrogens (tertiary/aromatic N) is 1. The Morgan fingerprint density at radius 1 is 1.30 bits per heavy atom. The average molecular weight is 373 g/mol. The number of nitrogens with one attached hydrogen (secondary N) is 1. The molecule has 1 fully saturated rings. The van der Waals surface area contributed by atoms with E-state index in [1.807, 2.05) is 0 Å². The maximum absolute atomic E-state index is 14.2. The van der Waals surface area contributed by atoms with Crippen LogP contribution in [0.1, 0.15) is 28.8 Å². The molecule has 1 aliphatic heterocycles. The van der Waals surface area contributed by atoms with E-state index in [9.17, 15) is 13.6 Å². The van der Waals surface area contributed by atoms with E-state index in [1.54, 1.807) is 12.3 Å². The Kier molecular flexibility index (Phi) is 4.49. The summed E-state index contributed by atoms with van der Waals surface area (Å²) in [5.74, 6) is -2.37. The van der Waals surface area contributed by atoms with Gasteiger partial charge in [0, 0.05) is 30.0 Å². The zero-order valence-corrected chi connectivity index (χ0v) is 14.3. The zero-order chi connectivity index (χ0) is 19.0. The molecule has 1 saturated heterocycles. The number of hydrogen-bond donors (Lipinski definition) is 2. The molecular formula is C19H17F2N3O3. The van der Waals surface area contributed by atoms with Gasteiger partial charge < -0.3 is 20.2 Å². The summed E-state index contributed by atoms with van der Waals surface area (Å²) in [7, 11) is 0. The number of fused-ring (bicyclic) bond motifs is 1. The first-order valence-electron chi connectivity index (χ1n) is 8.54. The highest BCUT2D eigenvalue weighted by atomic mass is 19.1. The summed E-state index contributed by atoms with van der Waals surface area (Å²) < 4.78 is 39.5. The number of pyridine rings is 1. The molecule has 0 saturated carbocycles. The number of hydrogen-bond acceptors (Lipinski definition) is 5. The number of benzene rings is 1. The highest BCUT2D eigenvalue weighted by Crippen LogP contribution is 2.28. The third-order valence-corrected chi connectivity index (χ3v) is 4.57. The van der Waals surface area contributed by atoms with Gasteiger partial charge in [-0.1, -0.05) is 0 Å². The van der Waals surface area contributed by atoms with E-state index in [4.69, 9.17) is 15.2 Å². The minimum absolute atomic E-state index is 0.0000889. The van der Waals surface area contributed by atoms with Crippen LogP contribution in [0, 0.1) is 11.6 Å². The number of nitrogens with two attached hydrogens (primary N) is 1. The average Bonchev–Trinajstić information content (AvgIpc) is 3.09.